The molecule has 4 rings (SSSR count). The van der Waals surface area contributed by atoms with Gasteiger partial charge >= 0.3 is 0 Å². The molecule has 2 aromatic heterocycles. The molecule has 8 nitrogen and oxygen atoms in total. The Bertz CT molecular complexity index is 989. The number of benzene rings is 1. The molecule has 9 heteroatoms. The SMILES string of the molecule is O=C(Nn1cnc2c(cnn2-c2ccc(F)cc2)c1=O)C1CCCO1. The maximum Gasteiger partial charge on any atom is 0.283 e. The predicted molar refractivity (Wildman–Crippen MR) is 86.4 cm³/mol. The summed E-state index contributed by atoms with van der Waals surface area (Å²) in [5.41, 5.74) is 2.93. The van der Waals surface area contributed by atoms with E-state index in [1.54, 1.807) is 0 Å². The van der Waals surface area contributed by atoms with Gasteiger partial charge < -0.3 is 4.74 Å². The molecule has 1 N–H and O–H groups in total. The van der Waals surface area contributed by atoms with Gasteiger partial charge in [0.25, 0.3) is 11.5 Å². The van der Waals surface area contributed by atoms with Crippen LogP contribution < -0.4 is 11.0 Å². The summed E-state index contributed by atoms with van der Waals surface area (Å²) in [6, 6.07) is 5.67. The van der Waals surface area contributed by atoms with Crippen LogP contribution in [0.1, 0.15) is 12.8 Å². The van der Waals surface area contributed by atoms with Crippen LogP contribution in [0.2, 0.25) is 0 Å². The minimum absolute atomic E-state index is 0.236. The van der Waals surface area contributed by atoms with Crippen LogP contribution in [-0.4, -0.2) is 38.1 Å². The van der Waals surface area contributed by atoms with E-state index in [2.05, 4.69) is 15.5 Å². The van der Waals surface area contributed by atoms with Gasteiger partial charge in [-0.1, -0.05) is 0 Å². The molecule has 3 aromatic rings. The monoisotopic (exact) mass is 343 g/mol. The number of halogens is 1. The van der Waals surface area contributed by atoms with Crippen molar-refractivity contribution in [1.82, 2.24) is 19.4 Å². The Hall–Kier alpha value is -3.07. The molecule has 0 radical (unpaired) electrons. The Balaban J connectivity index is 1.68. The highest BCUT2D eigenvalue weighted by molar-refractivity contribution is 5.88. The molecule has 128 valence electrons. The van der Waals surface area contributed by atoms with E-state index < -0.39 is 11.7 Å². The normalized spacial score (nSPS) is 17.1. The van der Waals surface area contributed by atoms with Gasteiger partial charge in [0.05, 0.1) is 11.9 Å². The second kappa shape index (κ2) is 6.10. The van der Waals surface area contributed by atoms with E-state index in [-0.39, 0.29) is 17.1 Å². The van der Waals surface area contributed by atoms with Crippen molar-refractivity contribution in [2.75, 3.05) is 12.0 Å². The minimum atomic E-state index is -0.551. The molecule has 25 heavy (non-hydrogen) atoms. The van der Waals surface area contributed by atoms with Gasteiger partial charge in [0.1, 0.15) is 23.6 Å². The highest BCUT2D eigenvalue weighted by Gasteiger charge is 2.24. The van der Waals surface area contributed by atoms with Crippen molar-refractivity contribution >= 4 is 16.9 Å². The maximum absolute atomic E-state index is 13.1. The van der Waals surface area contributed by atoms with Crippen LogP contribution in [0, 0.1) is 5.82 Å². The second-order valence-electron chi connectivity index (χ2n) is 5.67. The lowest BCUT2D eigenvalue weighted by Crippen LogP contribution is -2.38. The first-order chi connectivity index (χ1) is 12.1. The lowest BCUT2D eigenvalue weighted by molar-refractivity contribution is -0.125. The fourth-order valence-corrected chi connectivity index (χ4v) is 2.74. The summed E-state index contributed by atoms with van der Waals surface area (Å²) < 4.78 is 20.8. The molecule has 1 saturated heterocycles. The van der Waals surface area contributed by atoms with E-state index in [1.807, 2.05) is 0 Å². The molecule has 0 bridgehead atoms. The third-order valence-electron chi connectivity index (χ3n) is 4.01. The van der Waals surface area contributed by atoms with Gasteiger partial charge in [-0.25, -0.2) is 18.7 Å². The third-order valence-corrected chi connectivity index (χ3v) is 4.01. The van der Waals surface area contributed by atoms with Crippen LogP contribution in [0.5, 0.6) is 0 Å². The number of aromatic nitrogens is 4. The van der Waals surface area contributed by atoms with Crippen LogP contribution >= 0.6 is 0 Å². The zero-order valence-electron chi connectivity index (χ0n) is 13.1. The Morgan fingerprint density at radius 2 is 2.12 bits per heavy atom. The summed E-state index contributed by atoms with van der Waals surface area (Å²) in [4.78, 5) is 28.8. The largest absolute Gasteiger partial charge is 0.368 e. The molecule has 1 aromatic carbocycles. The fourth-order valence-electron chi connectivity index (χ4n) is 2.74. The van der Waals surface area contributed by atoms with Crippen molar-refractivity contribution in [3.05, 3.63) is 53.0 Å². The number of rotatable bonds is 3. The Morgan fingerprint density at radius 1 is 1.32 bits per heavy atom. The predicted octanol–water partition coefficient (Wildman–Crippen LogP) is 0.970. The first-order valence-electron chi connectivity index (χ1n) is 7.77. The lowest BCUT2D eigenvalue weighted by atomic mass is 10.2. The smallest absolute Gasteiger partial charge is 0.283 e. The average Bonchev–Trinajstić information content (AvgIpc) is 3.28. The van der Waals surface area contributed by atoms with Crippen molar-refractivity contribution in [2.24, 2.45) is 0 Å². The quantitative estimate of drug-likeness (QED) is 0.765. The third kappa shape index (κ3) is 2.78. The summed E-state index contributed by atoms with van der Waals surface area (Å²) in [5, 5.41) is 4.37. The number of fused-ring (bicyclic) bond motifs is 1. The zero-order chi connectivity index (χ0) is 17.4. The van der Waals surface area contributed by atoms with Gasteiger partial charge in [-0.15, -0.1) is 0 Å². The number of nitrogens with zero attached hydrogens (tertiary/aromatic N) is 4. The summed E-state index contributed by atoms with van der Waals surface area (Å²) in [7, 11) is 0. The van der Waals surface area contributed by atoms with Crippen molar-refractivity contribution in [3.8, 4) is 5.69 Å². The van der Waals surface area contributed by atoms with Gasteiger partial charge in [0.2, 0.25) is 0 Å². The molecule has 1 aliphatic heterocycles. The summed E-state index contributed by atoms with van der Waals surface area (Å²) in [5.74, 6) is -0.751. The molecule has 0 saturated carbocycles. The van der Waals surface area contributed by atoms with E-state index in [0.29, 0.717) is 24.4 Å². The van der Waals surface area contributed by atoms with E-state index in [4.69, 9.17) is 4.74 Å². The number of ether oxygens (including phenoxy) is 1. The van der Waals surface area contributed by atoms with E-state index in [1.165, 1.54) is 41.5 Å². The standard InChI is InChI=1S/C16H14FN5O3/c17-10-3-5-11(6-4-10)22-14-12(8-19-22)16(24)21(9-18-14)20-15(23)13-2-1-7-25-13/h3-6,8-9,13H,1-2,7H2,(H,20,23). The van der Waals surface area contributed by atoms with E-state index in [0.717, 1.165) is 11.1 Å². The van der Waals surface area contributed by atoms with Crippen molar-refractivity contribution in [1.29, 1.82) is 0 Å². The molecule has 0 aliphatic carbocycles. The highest BCUT2D eigenvalue weighted by Crippen LogP contribution is 2.14. The molecular formula is C16H14FN5O3. The van der Waals surface area contributed by atoms with Crippen LogP contribution in [-0.2, 0) is 9.53 Å². The molecule has 1 fully saturated rings. The molecule has 1 unspecified atom stereocenters. The molecule has 1 amide bonds. The number of carbonyl (C=O) groups excluding carboxylic acids is 1. The molecular weight excluding hydrogens is 329 g/mol. The van der Waals surface area contributed by atoms with Crippen LogP contribution in [0.3, 0.4) is 0 Å². The average molecular weight is 343 g/mol. The number of carbonyl (C=O) groups is 1. The van der Waals surface area contributed by atoms with E-state index >= 15 is 0 Å². The first kappa shape index (κ1) is 15.5. The zero-order valence-corrected chi connectivity index (χ0v) is 13.1. The van der Waals surface area contributed by atoms with Crippen LogP contribution in [0.15, 0.2) is 41.6 Å². The lowest BCUT2D eigenvalue weighted by Gasteiger charge is -2.11. The number of hydrogen-bond acceptors (Lipinski definition) is 5. The summed E-state index contributed by atoms with van der Waals surface area (Å²) in [6.07, 6.45) is 3.47. The van der Waals surface area contributed by atoms with Gasteiger partial charge in [-0.2, -0.15) is 5.10 Å². The molecule has 1 aliphatic rings. The van der Waals surface area contributed by atoms with Crippen molar-refractivity contribution < 1.29 is 13.9 Å². The Kier molecular flexibility index (Phi) is 3.77. The molecule has 0 spiro atoms. The van der Waals surface area contributed by atoms with Crippen LogP contribution in [0.25, 0.3) is 16.7 Å². The number of hydrogen-bond donors (Lipinski definition) is 1. The summed E-state index contributed by atoms with van der Waals surface area (Å²) >= 11 is 0. The first-order valence-corrected chi connectivity index (χ1v) is 7.77. The fraction of sp³-hybridized carbons (Fsp3) is 0.250. The van der Waals surface area contributed by atoms with Gasteiger partial charge in [0, 0.05) is 6.61 Å². The van der Waals surface area contributed by atoms with Crippen molar-refractivity contribution in [3.63, 3.8) is 0 Å². The Morgan fingerprint density at radius 3 is 2.84 bits per heavy atom. The highest BCUT2D eigenvalue weighted by atomic mass is 19.1. The van der Waals surface area contributed by atoms with E-state index in [9.17, 15) is 14.0 Å². The van der Waals surface area contributed by atoms with Gasteiger partial charge in [0.15, 0.2) is 5.65 Å². The van der Waals surface area contributed by atoms with Crippen LogP contribution in [0.4, 0.5) is 4.39 Å². The molecule has 3 heterocycles. The topological polar surface area (TPSA) is 91.0 Å². The second-order valence-corrected chi connectivity index (χ2v) is 5.67. The number of amides is 1. The summed E-state index contributed by atoms with van der Waals surface area (Å²) in [6.45, 7) is 0.536. The van der Waals surface area contributed by atoms with Gasteiger partial charge in [-0.05, 0) is 37.1 Å². The van der Waals surface area contributed by atoms with Crippen molar-refractivity contribution in [2.45, 2.75) is 18.9 Å². The van der Waals surface area contributed by atoms with Gasteiger partial charge in [-0.3, -0.25) is 15.0 Å². The minimum Gasteiger partial charge on any atom is -0.368 e. The number of nitrogens with one attached hydrogen (secondary N) is 1. The maximum atomic E-state index is 13.1. The molecule has 1 atom stereocenters. The Labute approximate surface area is 140 Å².